The molecular formula is C13H18N4S. The van der Waals surface area contributed by atoms with Crippen LogP contribution in [0, 0.1) is 6.92 Å². The average molecular weight is 262 g/mol. The van der Waals surface area contributed by atoms with Crippen molar-refractivity contribution in [3.05, 3.63) is 35.7 Å². The lowest BCUT2D eigenvalue weighted by Gasteiger charge is -2.08. The predicted molar refractivity (Wildman–Crippen MR) is 75.9 cm³/mol. The molecule has 0 aromatic carbocycles. The van der Waals surface area contributed by atoms with Gasteiger partial charge in [0.05, 0.1) is 10.7 Å². The second-order valence-electron chi connectivity index (χ2n) is 4.08. The standard InChI is InChI=1S/C13H18N4S/c1-4-14-13-11(6-5-7-15-13)9-18-12-8-10(2)16-17(12)3/h5-8H,4,9H2,1-3H3,(H,14,15). The third-order valence-electron chi connectivity index (χ3n) is 2.57. The van der Waals surface area contributed by atoms with Gasteiger partial charge in [-0.1, -0.05) is 6.07 Å². The van der Waals surface area contributed by atoms with Crippen LogP contribution in [0.3, 0.4) is 0 Å². The zero-order valence-corrected chi connectivity index (χ0v) is 11.8. The van der Waals surface area contributed by atoms with Crippen molar-refractivity contribution in [1.29, 1.82) is 0 Å². The molecule has 2 heterocycles. The topological polar surface area (TPSA) is 42.7 Å². The lowest BCUT2D eigenvalue weighted by molar-refractivity contribution is 0.692. The molecule has 0 radical (unpaired) electrons. The zero-order chi connectivity index (χ0) is 13.0. The minimum atomic E-state index is 0.888. The van der Waals surface area contributed by atoms with Crippen molar-refractivity contribution in [2.75, 3.05) is 11.9 Å². The second kappa shape index (κ2) is 5.91. The molecule has 0 saturated carbocycles. The van der Waals surface area contributed by atoms with Gasteiger partial charge in [0.2, 0.25) is 0 Å². The Bertz CT molecular complexity index is 521. The van der Waals surface area contributed by atoms with Crippen LogP contribution in [0.4, 0.5) is 5.82 Å². The smallest absolute Gasteiger partial charge is 0.129 e. The molecule has 0 fully saturated rings. The number of nitrogens with zero attached hydrogens (tertiary/aromatic N) is 3. The summed E-state index contributed by atoms with van der Waals surface area (Å²) in [7, 11) is 1.98. The number of rotatable bonds is 5. The summed E-state index contributed by atoms with van der Waals surface area (Å²) < 4.78 is 1.92. The molecule has 4 nitrogen and oxygen atoms in total. The molecule has 2 rings (SSSR count). The Morgan fingerprint density at radius 2 is 2.28 bits per heavy atom. The molecule has 0 saturated heterocycles. The molecule has 0 atom stereocenters. The molecule has 0 aliphatic heterocycles. The molecule has 0 spiro atoms. The number of aryl methyl sites for hydroxylation is 2. The quantitative estimate of drug-likeness (QED) is 0.841. The monoisotopic (exact) mass is 262 g/mol. The van der Waals surface area contributed by atoms with E-state index in [-0.39, 0.29) is 0 Å². The number of anilines is 1. The van der Waals surface area contributed by atoms with Gasteiger partial charge in [0.15, 0.2) is 0 Å². The minimum Gasteiger partial charge on any atom is -0.370 e. The average Bonchev–Trinajstić information content (AvgIpc) is 2.67. The maximum atomic E-state index is 4.36. The minimum absolute atomic E-state index is 0.888. The first kappa shape index (κ1) is 13.0. The first-order chi connectivity index (χ1) is 8.70. The zero-order valence-electron chi connectivity index (χ0n) is 11.0. The third kappa shape index (κ3) is 3.04. The number of nitrogens with one attached hydrogen (secondary N) is 1. The van der Waals surface area contributed by atoms with Crippen molar-refractivity contribution in [3.63, 3.8) is 0 Å². The first-order valence-electron chi connectivity index (χ1n) is 6.02. The van der Waals surface area contributed by atoms with Crippen molar-refractivity contribution >= 4 is 17.6 Å². The predicted octanol–water partition coefficient (Wildman–Crippen LogP) is 2.85. The van der Waals surface area contributed by atoms with Gasteiger partial charge in [-0.25, -0.2) is 4.98 Å². The molecule has 18 heavy (non-hydrogen) atoms. The summed E-state index contributed by atoms with van der Waals surface area (Å²) >= 11 is 1.78. The van der Waals surface area contributed by atoms with E-state index in [1.54, 1.807) is 11.8 Å². The summed E-state index contributed by atoms with van der Waals surface area (Å²) in [6.07, 6.45) is 1.82. The van der Waals surface area contributed by atoms with Crippen LogP contribution in [0.15, 0.2) is 29.4 Å². The van der Waals surface area contributed by atoms with E-state index in [1.165, 1.54) is 10.6 Å². The molecule has 0 aliphatic carbocycles. The van der Waals surface area contributed by atoms with Crippen LogP contribution >= 0.6 is 11.8 Å². The molecule has 0 amide bonds. The highest BCUT2D eigenvalue weighted by Crippen LogP contribution is 2.25. The number of pyridine rings is 1. The van der Waals surface area contributed by atoms with Crippen LogP contribution in [-0.2, 0) is 12.8 Å². The lowest BCUT2D eigenvalue weighted by atomic mass is 10.3. The van der Waals surface area contributed by atoms with Crippen LogP contribution in [0.25, 0.3) is 0 Å². The van der Waals surface area contributed by atoms with Crippen molar-refractivity contribution in [1.82, 2.24) is 14.8 Å². The number of hydrogen-bond acceptors (Lipinski definition) is 4. The Labute approximate surface area is 112 Å². The van der Waals surface area contributed by atoms with E-state index in [4.69, 9.17) is 0 Å². The van der Waals surface area contributed by atoms with E-state index in [0.29, 0.717) is 0 Å². The molecule has 5 heteroatoms. The van der Waals surface area contributed by atoms with Crippen LogP contribution in [0.1, 0.15) is 18.2 Å². The fourth-order valence-corrected chi connectivity index (χ4v) is 2.77. The van der Waals surface area contributed by atoms with Crippen molar-refractivity contribution < 1.29 is 0 Å². The van der Waals surface area contributed by atoms with E-state index in [1.807, 2.05) is 30.9 Å². The normalized spacial score (nSPS) is 10.6. The molecule has 96 valence electrons. The molecule has 2 aromatic rings. The van der Waals surface area contributed by atoms with Crippen LogP contribution in [0.2, 0.25) is 0 Å². The molecule has 2 aromatic heterocycles. The van der Waals surface area contributed by atoms with Crippen LogP contribution in [-0.4, -0.2) is 21.3 Å². The van der Waals surface area contributed by atoms with Gasteiger partial charge >= 0.3 is 0 Å². The summed E-state index contributed by atoms with van der Waals surface area (Å²) in [5, 5.41) is 8.81. The van der Waals surface area contributed by atoms with Crippen molar-refractivity contribution in [2.45, 2.75) is 24.6 Å². The Hall–Kier alpha value is -1.49. The van der Waals surface area contributed by atoms with E-state index < -0.39 is 0 Å². The van der Waals surface area contributed by atoms with Crippen molar-refractivity contribution in [2.24, 2.45) is 7.05 Å². The second-order valence-corrected chi connectivity index (χ2v) is 5.07. The molecular weight excluding hydrogens is 244 g/mol. The third-order valence-corrected chi connectivity index (χ3v) is 3.70. The number of hydrogen-bond donors (Lipinski definition) is 1. The fraction of sp³-hybridized carbons (Fsp3) is 0.385. The van der Waals surface area contributed by atoms with Gasteiger partial charge in [0, 0.05) is 31.1 Å². The van der Waals surface area contributed by atoms with E-state index >= 15 is 0 Å². The highest BCUT2D eigenvalue weighted by atomic mass is 32.2. The first-order valence-corrected chi connectivity index (χ1v) is 7.00. The maximum Gasteiger partial charge on any atom is 0.129 e. The largest absolute Gasteiger partial charge is 0.370 e. The van der Waals surface area contributed by atoms with Crippen molar-refractivity contribution in [3.8, 4) is 0 Å². The lowest BCUT2D eigenvalue weighted by Crippen LogP contribution is -2.02. The van der Waals surface area contributed by atoms with Gasteiger partial charge in [0.1, 0.15) is 5.82 Å². The number of thioether (sulfide) groups is 1. The van der Waals surface area contributed by atoms with Gasteiger partial charge in [0.25, 0.3) is 0 Å². The van der Waals surface area contributed by atoms with Gasteiger partial charge < -0.3 is 5.32 Å². The molecule has 0 bridgehead atoms. The van der Waals surface area contributed by atoms with E-state index in [0.717, 1.165) is 23.8 Å². The fourth-order valence-electron chi connectivity index (χ4n) is 1.76. The molecule has 0 unspecified atom stereocenters. The van der Waals surface area contributed by atoms with Gasteiger partial charge in [-0.15, -0.1) is 11.8 Å². The van der Waals surface area contributed by atoms with Crippen LogP contribution < -0.4 is 5.32 Å². The summed E-state index contributed by atoms with van der Waals surface area (Å²) in [6.45, 7) is 4.98. The van der Waals surface area contributed by atoms with Gasteiger partial charge in [-0.3, -0.25) is 4.68 Å². The summed E-state index contributed by atoms with van der Waals surface area (Å²) in [4.78, 5) is 4.36. The summed E-state index contributed by atoms with van der Waals surface area (Å²) in [6, 6.07) is 6.19. The van der Waals surface area contributed by atoms with Gasteiger partial charge in [-0.05, 0) is 26.0 Å². The SMILES string of the molecule is CCNc1ncccc1CSc1cc(C)nn1C. The summed E-state index contributed by atoms with van der Waals surface area (Å²) in [5.74, 6) is 1.88. The Morgan fingerprint density at radius 1 is 1.44 bits per heavy atom. The highest BCUT2D eigenvalue weighted by Gasteiger charge is 2.06. The molecule has 1 N–H and O–H groups in total. The Morgan fingerprint density at radius 3 is 2.94 bits per heavy atom. The molecule has 0 aliphatic rings. The highest BCUT2D eigenvalue weighted by molar-refractivity contribution is 7.98. The van der Waals surface area contributed by atoms with E-state index in [9.17, 15) is 0 Å². The number of aromatic nitrogens is 3. The van der Waals surface area contributed by atoms with E-state index in [2.05, 4.69) is 34.5 Å². The Kier molecular flexibility index (Phi) is 4.25. The Balaban J connectivity index is 2.08. The van der Waals surface area contributed by atoms with Gasteiger partial charge in [-0.2, -0.15) is 5.10 Å². The maximum absolute atomic E-state index is 4.36. The summed E-state index contributed by atoms with van der Waals surface area (Å²) in [5.41, 5.74) is 2.28. The van der Waals surface area contributed by atoms with Crippen LogP contribution in [0.5, 0.6) is 0 Å².